The summed E-state index contributed by atoms with van der Waals surface area (Å²) in [4.78, 5) is 16.5. The highest BCUT2D eigenvalue weighted by atomic mass is 16.5. The van der Waals surface area contributed by atoms with E-state index >= 15 is 0 Å². The number of hydrogen-bond acceptors (Lipinski definition) is 4. The molecule has 128 valence electrons. The van der Waals surface area contributed by atoms with Gasteiger partial charge in [-0.2, -0.15) is 0 Å². The van der Waals surface area contributed by atoms with Gasteiger partial charge in [0.25, 0.3) is 0 Å². The highest BCUT2D eigenvalue weighted by Crippen LogP contribution is 2.35. The van der Waals surface area contributed by atoms with Crippen LogP contribution in [0.2, 0.25) is 0 Å². The van der Waals surface area contributed by atoms with Crippen molar-refractivity contribution in [2.75, 3.05) is 0 Å². The minimum atomic E-state index is -0.130. The Bertz CT molecular complexity index is 993. The maximum atomic E-state index is 12.5. The molecule has 0 fully saturated rings. The van der Waals surface area contributed by atoms with Gasteiger partial charge in [-0.05, 0) is 47.9 Å². The van der Waals surface area contributed by atoms with E-state index in [1.807, 2.05) is 30.3 Å². The molecule has 0 atom stereocenters. The van der Waals surface area contributed by atoms with Crippen molar-refractivity contribution in [3.8, 4) is 11.5 Å². The van der Waals surface area contributed by atoms with E-state index < -0.39 is 0 Å². The Morgan fingerprint density at radius 2 is 2.00 bits per heavy atom. The summed E-state index contributed by atoms with van der Waals surface area (Å²) in [5.74, 6) is 1.35. The van der Waals surface area contributed by atoms with Crippen LogP contribution in [0.3, 0.4) is 0 Å². The number of aryl methyl sites for hydroxylation is 1. The number of rotatable bonds is 4. The smallest absolute Gasteiger partial charge is 0.231 e. The molecule has 0 saturated heterocycles. The number of Topliss-reactive ketones (excluding diaryl/α,β-unsaturated/α-hetero) is 1. The predicted molar refractivity (Wildman–Crippen MR) is 99.1 cm³/mol. The molecule has 2 heterocycles. The molecule has 1 aliphatic rings. The van der Waals surface area contributed by atoms with E-state index in [1.54, 1.807) is 36.7 Å². The number of ether oxygens (including phenoxy) is 2. The largest absolute Gasteiger partial charge is 0.489 e. The first-order valence-electron chi connectivity index (χ1n) is 8.36. The first kappa shape index (κ1) is 16.1. The predicted octanol–water partition coefficient (Wildman–Crippen LogP) is 4.59. The molecule has 0 unspecified atom stereocenters. The number of aromatic nitrogens is 1. The van der Waals surface area contributed by atoms with Crippen LogP contribution in [-0.4, -0.2) is 10.8 Å². The molecule has 0 radical (unpaired) electrons. The van der Waals surface area contributed by atoms with Crippen molar-refractivity contribution in [2.24, 2.45) is 0 Å². The van der Waals surface area contributed by atoms with Crippen molar-refractivity contribution in [1.82, 2.24) is 4.98 Å². The van der Waals surface area contributed by atoms with Crippen molar-refractivity contribution < 1.29 is 14.3 Å². The summed E-state index contributed by atoms with van der Waals surface area (Å²) in [5, 5.41) is 0. The summed E-state index contributed by atoms with van der Waals surface area (Å²) in [5.41, 5.74) is 3.67. The monoisotopic (exact) mass is 343 g/mol. The normalized spacial score (nSPS) is 14.2. The summed E-state index contributed by atoms with van der Waals surface area (Å²) in [7, 11) is 0. The molecule has 4 heteroatoms. The molecule has 26 heavy (non-hydrogen) atoms. The van der Waals surface area contributed by atoms with Gasteiger partial charge in [0, 0.05) is 18.5 Å². The lowest BCUT2D eigenvalue weighted by Gasteiger charge is -2.09. The molecule has 0 aliphatic carbocycles. The molecule has 3 aromatic rings. The molecule has 4 nitrogen and oxygen atoms in total. The van der Waals surface area contributed by atoms with Gasteiger partial charge in [-0.3, -0.25) is 9.78 Å². The fraction of sp³-hybridized carbons (Fsp3) is 0.0909. The topological polar surface area (TPSA) is 48.4 Å². The average molecular weight is 343 g/mol. The second kappa shape index (κ2) is 6.84. The Morgan fingerprint density at radius 3 is 2.81 bits per heavy atom. The molecule has 0 N–H and O–H groups in total. The number of carbonyl (C=O) groups excluding carboxylic acids is 1. The van der Waals surface area contributed by atoms with Crippen LogP contribution >= 0.6 is 0 Å². The maximum Gasteiger partial charge on any atom is 0.231 e. The van der Waals surface area contributed by atoms with Crippen molar-refractivity contribution >= 4 is 11.9 Å². The van der Waals surface area contributed by atoms with Crippen LogP contribution in [0.1, 0.15) is 27.0 Å². The number of carbonyl (C=O) groups is 1. The van der Waals surface area contributed by atoms with Gasteiger partial charge >= 0.3 is 0 Å². The SMILES string of the molecule is Cc1ccccc1COc1ccc2c(c1)O/C(=C\c1cccnc1)C2=O. The van der Waals surface area contributed by atoms with Crippen LogP contribution in [0.5, 0.6) is 11.5 Å². The summed E-state index contributed by atoms with van der Waals surface area (Å²) >= 11 is 0. The van der Waals surface area contributed by atoms with Crippen LogP contribution < -0.4 is 9.47 Å². The Kier molecular flexibility index (Phi) is 4.23. The van der Waals surface area contributed by atoms with E-state index in [9.17, 15) is 4.79 Å². The fourth-order valence-corrected chi connectivity index (χ4v) is 2.80. The minimum Gasteiger partial charge on any atom is -0.489 e. The van der Waals surface area contributed by atoms with E-state index in [4.69, 9.17) is 9.47 Å². The molecular formula is C22H17NO3. The molecule has 0 amide bonds. The minimum absolute atomic E-state index is 0.130. The second-order valence-corrected chi connectivity index (χ2v) is 6.10. The van der Waals surface area contributed by atoms with Gasteiger partial charge in [0.05, 0.1) is 5.56 Å². The number of allylic oxidation sites excluding steroid dienone is 1. The summed E-state index contributed by atoms with van der Waals surface area (Å²) in [6.07, 6.45) is 5.07. The molecular weight excluding hydrogens is 326 g/mol. The highest BCUT2D eigenvalue weighted by Gasteiger charge is 2.27. The van der Waals surface area contributed by atoms with E-state index in [1.165, 1.54) is 5.56 Å². The Balaban J connectivity index is 1.53. The third-order valence-corrected chi connectivity index (χ3v) is 4.28. The number of ketones is 1. The van der Waals surface area contributed by atoms with E-state index in [-0.39, 0.29) is 5.78 Å². The quantitative estimate of drug-likeness (QED) is 0.650. The summed E-state index contributed by atoms with van der Waals surface area (Å²) < 4.78 is 11.6. The molecule has 0 bridgehead atoms. The van der Waals surface area contributed by atoms with Gasteiger partial charge in [-0.25, -0.2) is 0 Å². The van der Waals surface area contributed by atoms with E-state index in [0.29, 0.717) is 29.4 Å². The van der Waals surface area contributed by atoms with Gasteiger partial charge in [-0.15, -0.1) is 0 Å². The fourth-order valence-electron chi connectivity index (χ4n) is 2.80. The lowest BCUT2D eigenvalue weighted by Crippen LogP contribution is -1.98. The van der Waals surface area contributed by atoms with Crippen molar-refractivity contribution in [3.05, 3.63) is 95.0 Å². The van der Waals surface area contributed by atoms with Crippen LogP contribution in [0.25, 0.3) is 6.08 Å². The second-order valence-electron chi connectivity index (χ2n) is 6.10. The lowest BCUT2D eigenvalue weighted by atomic mass is 10.1. The number of nitrogens with zero attached hydrogens (tertiary/aromatic N) is 1. The Morgan fingerprint density at radius 1 is 1.12 bits per heavy atom. The lowest BCUT2D eigenvalue weighted by molar-refractivity contribution is 0.101. The summed E-state index contributed by atoms with van der Waals surface area (Å²) in [6, 6.07) is 17.1. The molecule has 4 rings (SSSR count). The van der Waals surface area contributed by atoms with Crippen LogP contribution in [-0.2, 0) is 6.61 Å². The molecule has 1 aromatic heterocycles. The van der Waals surface area contributed by atoms with Gasteiger partial charge < -0.3 is 9.47 Å². The zero-order valence-electron chi connectivity index (χ0n) is 14.3. The van der Waals surface area contributed by atoms with Crippen LogP contribution in [0.4, 0.5) is 0 Å². The molecule has 1 aliphatic heterocycles. The van der Waals surface area contributed by atoms with Gasteiger partial charge in [0.15, 0.2) is 5.76 Å². The maximum absolute atomic E-state index is 12.5. The van der Waals surface area contributed by atoms with Crippen molar-refractivity contribution in [1.29, 1.82) is 0 Å². The van der Waals surface area contributed by atoms with Gasteiger partial charge in [-0.1, -0.05) is 30.3 Å². The van der Waals surface area contributed by atoms with Gasteiger partial charge in [0.2, 0.25) is 5.78 Å². The number of benzene rings is 2. The van der Waals surface area contributed by atoms with Crippen molar-refractivity contribution in [2.45, 2.75) is 13.5 Å². The zero-order valence-corrected chi connectivity index (χ0v) is 14.3. The average Bonchev–Trinajstić information content (AvgIpc) is 2.97. The zero-order chi connectivity index (χ0) is 17.9. The van der Waals surface area contributed by atoms with Crippen molar-refractivity contribution in [3.63, 3.8) is 0 Å². The van der Waals surface area contributed by atoms with Crippen LogP contribution in [0, 0.1) is 6.92 Å². The Hall–Kier alpha value is -3.40. The van der Waals surface area contributed by atoms with E-state index in [2.05, 4.69) is 18.0 Å². The molecule has 0 saturated carbocycles. The molecule has 0 spiro atoms. The van der Waals surface area contributed by atoms with Crippen LogP contribution in [0.15, 0.2) is 72.8 Å². The summed E-state index contributed by atoms with van der Waals surface area (Å²) in [6.45, 7) is 2.52. The Labute approximate surface area is 151 Å². The first-order valence-corrected chi connectivity index (χ1v) is 8.36. The highest BCUT2D eigenvalue weighted by molar-refractivity contribution is 6.14. The third kappa shape index (κ3) is 3.22. The number of pyridine rings is 1. The molecule has 2 aromatic carbocycles. The number of fused-ring (bicyclic) bond motifs is 1. The first-order chi connectivity index (χ1) is 12.7. The number of hydrogen-bond donors (Lipinski definition) is 0. The van der Waals surface area contributed by atoms with E-state index in [0.717, 1.165) is 11.1 Å². The third-order valence-electron chi connectivity index (χ3n) is 4.28. The standard InChI is InChI=1S/C22H17NO3/c1-15-5-2-3-7-17(15)14-25-18-8-9-19-20(12-18)26-21(22(19)24)11-16-6-4-10-23-13-16/h2-13H,14H2,1H3/b21-11-. The van der Waals surface area contributed by atoms with Gasteiger partial charge in [0.1, 0.15) is 18.1 Å².